The van der Waals surface area contributed by atoms with Crippen LogP contribution in [0.1, 0.15) is 25.7 Å². The second-order valence-electron chi connectivity index (χ2n) is 4.15. The molecule has 0 bridgehead atoms. The molecule has 0 saturated carbocycles. The average molecular weight is 191 g/mol. The maximum absolute atomic E-state index is 11.3. The normalized spacial score (nSPS) is 26.9. The Morgan fingerprint density at radius 2 is 2.43 bits per heavy atom. The van der Waals surface area contributed by atoms with Crippen molar-refractivity contribution in [2.75, 3.05) is 13.1 Å². The lowest BCUT2D eigenvalue weighted by Crippen LogP contribution is -2.35. The molecule has 0 aromatic rings. The van der Waals surface area contributed by atoms with Crippen LogP contribution in [0.3, 0.4) is 0 Å². The van der Waals surface area contributed by atoms with E-state index in [1.54, 1.807) is 0 Å². The molecule has 1 saturated heterocycles. The second kappa shape index (κ2) is 3.99. The van der Waals surface area contributed by atoms with Crippen LogP contribution >= 0.6 is 0 Å². The third kappa shape index (κ3) is 1.74. The summed E-state index contributed by atoms with van der Waals surface area (Å²) >= 11 is 0. The summed E-state index contributed by atoms with van der Waals surface area (Å²) in [7, 11) is 0. The third-order valence-corrected chi connectivity index (χ3v) is 3.16. The molecule has 0 radical (unpaired) electrons. The molecular weight excluding hydrogens is 174 g/mol. The predicted octanol–water partition coefficient (Wildman–Crippen LogP) is 2.13. The number of allylic oxidation sites excluding steroid dienone is 2. The van der Waals surface area contributed by atoms with Crippen molar-refractivity contribution < 1.29 is 4.79 Å². The van der Waals surface area contributed by atoms with Crippen LogP contribution in [0, 0.1) is 5.92 Å². The number of fused-ring (bicyclic) bond motifs is 1. The van der Waals surface area contributed by atoms with Gasteiger partial charge in [-0.15, -0.1) is 6.58 Å². The Morgan fingerprint density at radius 3 is 3.21 bits per heavy atom. The van der Waals surface area contributed by atoms with E-state index in [0.29, 0.717) is 11.7 Å². The van der Waals surface area contributed by atoms with E-state index in [1.165, 1.54) is 18.5 Å². The fourth-order valence-corrected chi connectivity index (χ4v) is 2.47. The van der Waals surface area contributed by atoms with Gasteiger partial charge in [0.1, 0.15) is 0 Å². The molecule has 2 rings (SSSR count). The molecule has 1 aliphatic heterocycles. The zero-order valence-electron chi connectivity index (χ0n) is 8.54. The lowest BCUT2D eigenvalue weighted by molar-refractivity contribution is -0.115. The minimum absolute atomic E-state index is 0.298. The summed E-state index contributed by atoms with van der Waals surface area (Å²) in [6.45, 7) is 5.73. The highest BCUT2D eigenvalue weighted by atomic mass is 16.1. The number of carbonyl (C=O) groups is 1. The Bertz CT molecular complexity index is 280. The Balaban J connectivity index is 2.18. The summed E-state index contributed by atoms with van der Waals surface area (Å²) in [6.07, 6.45) is 8.09. The maximum Gasteiger partial charge on any atom is 0.157 e. The van der Waals surface area contributed by atoms with Crippen LogP contribution in [-0.2, 0) is 4.79 Å². The van der Waals surface area contributed by atoms with E-state index < -0.39 is 0 Å². The lowest BCUT2D eigenvalue weighted by Gasteiger charge is -2.38. The monoisotopic (exact) mass is 191 g/mol. The number of rotatable bonds is 2. The summed E-state index contributed by atoms with van der Waals surface area (Å²) in [4.78, 5) is 13.6. The molecule has 1 heterocycles. The number of piperidine rings is 1. The highest BCUT2D eigenvalue weighted by Crippen LogP contribution is 2.33. The molecule has 0 aromatic carbocycles. The van der Waals surface area contributed by atoms with Crippen molar-refractivity contribution in [3.05, 3.63) is 24.4 Å². The average Bonchev–Trinajstić information content (AvgIpc) is 2.19. The topological polar surface area (TPSA) is 20.3 Å². The number of ketones is 1. The van der Waals surface area contributed by atoms with Crippen molar-refractivity contribution in [2.45, 2.75) is 25.7 Å². The summed E-state index contributed by atoms with van der Waals surface area (Å²) in [5, 5.41) is 0. The van der Waals surface area contributed by atoms with Gasteiger partial charge in [0.25, 0.3) is 0 Å². The summed E-state index contributed by atoms with van der Waals surface area (Å²) < 4.78 is 0. The fourth-order valence-electron chi connectivity index (χ4n) is 2.47. The van der Waals surface area contributed by atoms with Crippen LogP contribution in [0.25, 0.3) is 0 Å². The van der Waals surface area contributed by atoms with Gasteiger partial charge in [-0.3, -0.25) is 4.79 Å². The SMILES string of the molecule is C=CCN1CCCC2CCC(=O)C=C21. The van der Waals surface area contributed by atoms with Crippen molar-refractivity contribution in [3.63, 3.8) is 0 Å². The van der Waals surface area contributed by atoms with Crippen LogP contribution in [0.4, 0.5) is 0 Å². The van der Waals surface area contributed by atoms with Gasteiger partial charge >= 0.3 is 0 Å². The Labute approximate surface area is 85.3 Å². The van der Waals surface area contributed by atoms with E-state index in [4.69, 9.17) is 0 Å². The summed E-state index contributed by atoms with van der Waals surface area (Å²) in [5.41, 5.74) is 1.27. The van der Waals surface area contributed by atoms with Gasteiger partial charge in [-0.2, -0.15) is 0 Å². The van der Waals surface area contributed by atoms with E-state index in [0.717, 1.165) is 25.9 Å². The minimum atomic E-state index is 0.298. The first-order valence-corrected chi connectivity index (χ1v) is 5.41. The highest BCUT2D eigenvalue weighted by Gasteiger charge is 2.28. The van der Waals surface area contributed by atoms with Crippen LogP contribution < -0.4 is 0 Å². The van der Waals surface area contributed by atoms with E-state index in [9.17, 15) is 4.79 Å². The quantitative estimate of drug-likeness (QED) is 0.623. The first-order valence-electron chi connectivity index (χ1n) is 5.41. The van der Waals surface area contributed by atoms with Crippen LogP contribution in [-0.4, -0.2) is 23.8 Å². The molecule has 2 aliphatic rings. The van der Waals surface area contributed by atoms with Gasteiger partial charge in [0.2, 0.25) is 0 Å². The van der Waals surface area contributed by atoms with Gasteiger partial charge in [-0.1, -0.05) is 6.08 Å². The van der Waals surface area contributed by atoms with Crippen molar-refractivity contribution in [1.82, 2.24) is 4.90 Å². The molecule has 0 aromatic heterocycles. The number of carbonyl (C=O) groups excluding carboxylic acids is 1. The van der Waals surface area contributed by atoms with Crippen molar-refractivity contribution in [1.29, 1.82) is 0 Å². The summed E-state index contributed by atoms with van der Waals surface area (Å²) in [6, 6.07) is 0. The van der Waals surface area contributed by atoms with E-state index in [-0.39, 0.29) is 0 Å². The molecule has 1 atom stereocenters. The number of hydrogen-bond donors (Lipinski definition) is 0. The molecule has 0 amide bonds. The highest BCUT2D eigenvalue weighted by molar-refractivity contribution is 5.91. The Hall–Kier alpha value is -1.05. The van der Waals surface area contributed by atoms with Crippen molar-refractivity contribution in [3.8, 4) is 0 Å². The summed E-state index contributed by atoms with van der Waals surface area (Å²) in [5.74, 6) is 0.939. The van der Waals surface area contributed by atoms with Gasteiger partial charge in [-0.25, -0.2) is 0 Å². The van der Waals surface area contributed by atoms with Crippen molar-refractivity contribution in [2.24, 2.45) is 5.92 Å². The zero-order chi connectivity index (χ0) is 9.97. The number of likely N-dealkylation sites (tertiary alicyclic amines) is 1. The molecule has 1 aliphatic carbocycles. The zero-order valence-corrected chi connectivity index (χ0v) is 8.54. The van der Waals surface area contributed by atoms with Gasteiger partial charge in [-0.05, 0) is 25.2 Å². The predicted molar refractivity (Wildman–Crippen MR) is 56.8 cm³/mol. The third-order valence-electron chi connectivity index (χ3n) is 3.16. The van der Waals surface area contributed by atoms with Gasteiger partial charge in [0.15, 0.2) is 5.78 Å². The Kier molecular flexibility index (Phi) is 2.71. The largest absolute Gasteiger partial charge is 0.371 e. The minimum Gasteiger partial charge on any atom is -0.371 e. The smallest absolute Gasteiger partial charge is 0.157 e. The molecule has 14 heavy (non-hydrogen) atoms. The molecule has 2 nitrogen and oxygen atoms in total. The first-order chi connectivity index (χ1) is 6.81. The van der Waals surface area contributed by atoms with Crippen molar-refractivity contribution >= 4 is 5.78 Å². The van der Waals surface area contributed by atoms with E-state index >= 15 is 0 Å². The van der Waals surface area contributed by atoms with Crippen LogP contribution in [0.5, 0.6) is 0 Å². The molecule has 2 heteroatoms. The van der Waals surface area contributed by atoms with Crippen LogP contribution in [0.15, 0.2) is 24.4 Å². The molecule has 0 N–H and O–H groups in total. The van der Waals surface area contributed by atoms with Gasteiger partial charge in [0, 0.05) is 31.3 Å². The van der Waals surface area contributed by atoms with Crippen LogP contribution in [0.2, 0.25) is 0 Å². The van der Waals surface area contributed by atoms with Gasteiger partial charge in [0.05, 0.1) is 0 Å². The molecule has 76 valence electrons. The second-order valence-corrected chi connectivity index (χ2v) is 4.15. The fraction of sp³-hybridized carbons (Fsp3) is 0.583. The standard InChI is InChI=1S/C12H17NO/c1-2-7-13-8-3-4-10-5-6-11(14)9-12(10)13/h2,9-10H,1,3-8H2. The Morgan fingerprint density at radius 1 is 1.57 bits per heavy atom. The molecular formula is C12H17NO. The number of nitrogens with zero attached hydrogens (tertiary/aromatic N) is 1. The number of hydrogen-bond acceptors (Lipinski definition) is 2. The maximum atomic E-state index is 11.3. The molecule has 1 unspecified atom stereocenters. The van der Waals surface area contributed by atoms with Gasteiger partial charge < -0.3 is 4.90 Å². The molecule has 0 spiro atoms. The lowest BCUT2D eigenvalue weighted by atomic mass is 9.84. The van der Waals surface area contributed by atoms with E-state index in [2.05, 4.69) is 11.5 Å². The van der Waals surface area contributed by atoms with E-state index in [1.807, 2.05) is 12.2 Å². The molecule has 1 fully saturated rings. The first kappa shape index (κ1) is 9.50.